The quantitative estimate of drug-likeness (QED) is 0.267. The standard InChI is InChI=1S/C40H64N2O13/c1-12-30-40(8,48)34(45)23(4)31(43)21(2)19-39(7,49-11)35(55-37-32(44)27(42(9)10)17-22(3)52-37)24(5)33(25(6)36(46)53-30)54-38(47)41-16-15-26-13-14-28-29(18-26)51-20-50-28/h13-14,18,21-25,27,30,32-35,37,44-45,48H,12,15-17,19-20H2,1-11H3,(H,41,47)/t21-,22-,23+,24+,25-,27+,30-,32-,33+,34-,35-,37+,39-,40-/m1/s1. The Morgan fingerprint density at radius 1 is 1.04 bits per heavy atom. The molecule has 4 N–H and O–H groups in total. The number of rotatable bonds is 9. The van der Waals surface area contributed by atoms with E-state index in [1.807, 2.05) is 38.1 Å². The number of nitrogens with one attached hydrogen (secondary N) is 1. The molecule has 0 aliphatic carbocycles. The lowest BCUT2D eigenvalue weighted by Crippen LogP contribution is -2.60. The minimum absolute atomic E-state index is 0.0660. The van der Waals surface area contributed by atoms with Gasteiger partial charge < -0.3 is 58.7 Å². The summed E-state index contributed by atoms with van der Waals surface area (Å²) in [6.45, 7) is 13.5. The Balaban J connectivity index is 1.73. The first kappa shape index (κ1) is 44.7. The number of cyclic esters (lactones) is 1. The fourth-order valence-electron chi connectivity index (χ4n) is 8.35. The maximum atomic E-state index is 14.1. The number of hydrogen-bond donors (Lipinski definition) is 4. The Labute approximate surface area is 325 Å². The number of carbonyl (C=O) groups is 3. The maximum Gasteiger partial charge on any atom is 0.407 e. The van der Waals surface area contributed by atoms with Crippen molar-refractivity contribution in [2.75, 3.05) is 34.5 Å². The highest BCUT2D eigenvalue weighted by Crippen LogP contribution is 2.40. The summed E-state index contributed by atoms with van der Waals surface area (Å²) < 4.78 is 42.0. The summed E-state index contributed by atoms with van der Waals surface area (Å²) in [6, 6.07) is 5.20. The first-order chi connectivity index (χ1) is 25.7. The molecule has 0 bridgehead atoms. The number of amides is 1. The Bertz CT molecular complexity index is 1470. The second kappa shape index (κ2) is 18.5. The van der Waals surface area contributed by atoms with Gasteiger partial charge in [0.05, 0.1) is 29.8 Å². The van der Waals surface area contributed by atoms with Gasteiger partial charge in [0.15, 0.2) is 17.8 Å². The van der Waals surface area contributed by atoms with Crippen LogP contribution in [0.1, 0.15) is 80.2 Å². The Hall–Kier alpha value is -3.05. The van der Waals surface area contributed by atoms with Crippen molar-refractivity contribution in [2.24, 2.45) is 23.7 Å². The largest absolute Gasteiger partial charge is 0.459 e. The molecule has 0 spiro atoms. The number of ketones is 1. The second-order valence-corrected chi connectivity index (χ2v) is 16.3. The monoisotopic (exact) mass is 780 g/mol. The van der Waals surface area contributed by atoms with Gasteiger partial charge in [0.25, 0.3) is 0 Å². The molecule has 0 saturated carbocycles. The summed E-state index contributed by atoms with van der Waals surface area (Å²) in [4.78, 5) is 43.5. The van der Waals surface area contributed by atoms with Crippen molar-refractivity contribution in [3.63, 3.8) is 0 Å². The normalized spacial score (nSPS) is 39.0. The van der Waals surface area contributed by atoms with Gasteiger partial charge in [0.1, 0.15) is 29.7 Å². The number of carbonyl (C=O) groups excluding carboxylic acids is 3. The summed E-state index contributed by atoms with van der Waals surface area (Å²) in [6.07, 6.45) is -7.22. The lowest BCUT2D eigenvalue weighted by molar-refractivity contribution is -0.301. The van der Waals surface area contributed by atoms with Gasteiger partial charge in [0.2, 0.25) is 6.79 Å². The van der Waals surface area contributed by atoms with Crippen molar-refractivity contribution < 1.29 is 62.9 Å². The van der Waals surface area contributed by atoms with Crippen LogP contribution in [0.2, 0.25) is 0 Å². The number of Topliss-reactive ketones (excluding diaryl/α,β-unsaturated/α-hetero) is 1. The average molecular weight is 781 g/mol. The van der Waals surface area contributed by atoms with E-state index in [0.29, 0.717) is 24.3 Å². The molecule has 4 rings (SSSR count). The number of methoxy groups -OCH3 is 1. The van der Waals surface area contributed by atoms with E-state index in [1.165, 1.54) is 21.0 Å². The third-order valence-corrected chi connectivity index (χ3v) is 11.8. The average Bonchev–Trinajstić information content (AvgIpc) is 3.62. The molecule has 3 heterocycles. The Morgan fingerprint density at radius 2 is 1.71 bits per heavy atom. The Kier molecular flexibility index (Phi) is 15.0. The number of benzene rings is 1. The highest BCUT2D eigenvalue weighted by molar-refractivity contribution is 5.83. The lowest BCUT2D eigenvalue weighted by Gasteiger charge is -2.48. The number of aliphatic hydroxyl groups excluding tert-OH is 2. The highest BCUT2D eigenvalue weighted by Gasteiger charge is 2.53. The molecule has 55 heavy (non-hydrogen) atoms. The van der Waals surface area contributed by atoms with Gasteiger partial charge in [0, 0.05) is 37.5 Å². The number of hydrogen-bond acceptors (Lipinski definition) is 14. The highest BCUT2D eigenvalue weighted by atomic mass is 16.7. The third kappa shape index (κ3) is 10.1. The van der Waals surface area contributed by atoms with E-state index in [-0.39, 0.29) is 44.1 Å². The summed E-state index contributed by atoms with van der Waals surface area (Å²) in [5.74, 6) is -3.63. The van der Waals surface area contributed by atoms with Crippen LogP contribution in [0.4, 0.5) is 4.79 Å². The van der Waals surface area contributed by atoms with Gasteiger partial charge in [-0.25, -0.2) is 4.79 Å². The van der Waals surface area contributed by atoms with Crippen molar-refractivity contribution in [3.8, 4) is 11.5 Å². The van der Waals surface area contributed by atoms with Crippen LogP contribution in [0.5, 0.6) is 11.5 Å². The molecule has 15 nitrogen and oxygen atoms in total. The van der Waals surface area contributed by atoms with Gasteiger partial charge in [-0.1, -0.05) is 33.8 Å². The zero-order valence-electron chi connectivity index (χ0n) is 34.3. The van der Waals surface area contributed by atoms with Crippen LogP contribution >= 0.6 is 0 Å². The molecule has 312 valence electrons. The van der Waals surface area contributed by atoms with E-state index < -0.39 is 83.7 Å². The number of alkyl carbamates (subject to hydrolysis) is 1. The molecule has 2 fully saturated rings. The molecule has 0 aromatic heterocycles. The zero-order chi connectivity index (χ0) is 41.0. The lowest BCUT2D eigenvalue weighted by atomic mass is 9.74. The molecule has 2 saturated heterocycles. The fraction of sp³-hybridized carbons (Fsp3) is 0.775. The van der Waals surface area contributed by atoms with Gasteiger partial charge in [-0.2, -0.15) is 0 Å². The molecular weight excluding hydrogens is 716 g/mol. The van der Waals surface area contributed by atoms with E-state index in [1.54, 1.807) is 40.7 Å². The number of fused-ring (bicyclic) bond motifs is 1. The maximum absolute atomic E-state index is 14.1. The van der Waals surface area contributed by atoms with Crippen LogP contribution in [-0.4, -0.2) is 133 Å². The van der Waals surface area contributed by atoms with Gasteiger partial charge in [-0.3, -0.25) is 9.59 Å². The molecule has 3 aliphatic rings. The molecule has 0 unspecified atom stereocenters. The molecule has 14 atom stereocenters. The second-order valence-electron chi connectivity index (χ2n) is 16.3. The third-order valence-electron chi connectivity index (χ3n) is 11.8. The number of nitrogens with zero attached hydrogens (tertiary/aromatic N) is 1. The number of ether oxygens (including phenoxy) is 7. The van der Waals surface area contributed by atoms with Crippen molar-refractivity contribution in [1.29, 1.82) is 0 Å². The first-order valence-electron chi connectivity index (χ1n) is 19.4. The first-order valence-corrected chi connectivity index (χ1v) is 19.4. The smallest absolute Gasteiger partial charge is 0.407 e. The molecule has 1 aromatic rings. The van der Waals surface area contributed by atoms with E-state index in [2.05, 4.69) is 5.32 Å². The summed E-state index contributed by atoms with van der Waals surface area (Å²) >= 11 is 0. The molecular formula is C40H64N2O13. The molecule has 0 radical (unpaired) electrons. The number of esters is 1. The SMILES string of the molecule is CC[C@H]1OC(=O)[C@H](C)[C@@H](OC(=O)NCCc2ccc3c(c2)OCO3)[C@H](C)[C@@H](O[C@@H]2O[C@H](C)C[C@H](N(C)C)[C@H]2O)[C@](C)(OC)C[C@@H](C)C(=O)[C@H](C)[C@@H](O)[C@]1(C)O. The van der Waals surface area contributed by atoms with Crippen molar-refractivity contribution in [2.45, 2.75) is 141 Å². The molecule has 15 heteroatoms. The van der Waals surface area contributed by atoms with Gasteiger partial charge >= 0.3 is 12.1 Å². The van der Waals surface area contributed by atoms with Crippen LogP contribution in [0.25, 0.3) is 0 Å². The van der Waals surface area contributed by atoms with E-state index in [4.69, 9.17) is 33.2 Å². The zero-order valence-corrected chi connectivity index (χ0v) is 34.3. The summed E-state index contributed by atoms with van der Waals surface area (Å²) in [5, 5.41) is 37.3. The van der Waals surface area contributed by atoms with Gasteiger partial charge in [-0.05, 0) is 85.2 Å². The van der Waals surface area contributed by atoms with Crippen LogP contribution < -0.4 is 14.8 Å². The predicted octanol–water partition coefficient (Wildman–Crippen LogP) is 3.22. The van der Waals surface area contributed by atoms with E-state index in [9.17, 15) is 29.7 Å². The number of aliphatic hydroxyl groups is 3. The predicted molar refractivity (Wildman–Crippen MR) is 200 cm³/mol. The summed E-state index contributed by atoms with van der Waals surface area (Å²) in [7, 11) is 5.19. The molecule has 1 aromatic carbocycles. The van der Waals surface area contributed by atoms with Crippen LogP contribution in [0, 0.1) is 23.7 Å². The minimum Gasteiger partial charge on any atom is -0.459 e. The fourth-order valence-corrected chi connectivity index (χ4v) is 8.35. The van der Waals surface area contributed by atoms with Gasteiger partial charge in [-0.15, -0.1) is 0 Å². The Morgan fingerprint density at radius 3 is 2.35 bits per heavy atom. The van der Waals surface area contributed by atoms with Crippen molar-refractivity contribution in [3.05, 3.63) is 23.8 Å². The van der Waals surface area contributed by atoms with E-state index in [0.717, 1.165) is 5.56 Å². The minimum atomic E-state index is -2.00. The molecule has 1 amide bonds. The topological polar surface area (TPSA) is 192 Å². The van der Waals surface area contributed by atoms with Crippen molar-refractivity contribution >= 4 is 17.8 Å². The number of likely N-dealkylation sites (N-methyl/N-ethyl adjacent to an activating group) is 1. The van der Waals surface area contributed by atoms with Crippen LogP contribution in [0.15, 0.2) is 18.2 Å². The van der Waals surface area contributed by atoms with Crippen LogP contribution in [0.3, 0.4) is 0 Å². The van der Waals surface area contributed by atoms with Crippen molar-refractivity contribution in [1.82, 2.24) is 10.2 Å². The van der Waals surface area contributed by atoms with E-state index >= 15 is 0 Å². The molecule has 3 aliphatic heterocycles. The van der Waals surface area contributed by atoms with Crippen LogP contribution in [-0.2, 0) is 39.7 Å². The summed E-state index contributed by atoms with van der Waals surface area (Å²) in [5.41, 5.74) is -2.41.